The van der Waals surface area contributed by atoms with Gasteiger partial charge in [-0.15, -0.1) is 0 Å². The van der Waals surface area contributed by atoms with Crippen molar-refractivity contribution in [3.05, 3.63) is 23.9 Å². The highest BCUT2D eigenvalue weighted by Gasteiger charge is 2.05. The van der Waals surface area contributed by atoms with Crippen LogP contribution in [0.2, 0.25) is 0 Å². The van der Waals surface area contributed by atoms with Crippen molar-refractivity contribution in [3.8, 4) is 11.5 Å². The fraction of sp³-hybridized carbons (Fsp3) is 0.222. The van der Waals surface area contributed by atoms with Crippen LogP contribution in [0.3, 0.4) is 0 Å². The van der Waals surface area contributed by atoms with Gasteiger partial charge in [0.15, 0.2) is 11.0 Å². The Bertz CT molecular complexity index is 438. The van der Waals surface area contributed by atoms with E-state index < -0.39 is 0 Å². The summed E-state index contributed by atoms with van der Waals surface area (Å²) in [4.78, 5) is 8.48. The molecule has 2 aromatic rings. The molecule has 0 radical (unpaired) electrons. The van der Waals surface area contributed by atoms with Gasteiger partial charge in [0, 0.05) is 17.2 Å². The number of pyridine rings is 1. The number of hydrogen-bond acceptors (Lipinski definition) is 5. The van der Waals surface area contributed by atoms with Crippen LogP contribution in [0.5, 0.6) is 0 Å². The van der Waals surface area contributed by atoms with Crippen molar-refractivity contribution in [2.75, 3.05) is 5.73 Å². The van der Waals surface area contributed by atoms with Crippen LogP contribution in [0.15, 0.2) is 18.2 Å². The van der Waals surface area contributed by atoms with Gasteiger partial charge in [0.1, 0.15) is 5.69 Å². The third-order valence-electron chi connectivity index (χ3n) is 1.84. The van der Waals surface area contributed by atoms with Gasteiger partial charge in [0.25, 0.3) is 0 Å². The first-order valence-corrected chi connectivity index (χ1v) is 5.12. The molecule has 4 nitrogen and oxygen atoms in total. The van der Waals surface area contributed by atoms with E-state index >= 15 is 0 Å². The molecule has 0 saturated heterocycles. The van der Waals surface area contributed by atoms with Gasteiger partial charge in [-0.05, 0) is 18.6 Å². The van der Waals surface area contributed by atoms with Gasteiger partial charge < -0.3 is 5.73 Å². The van der Waals surface area contributed by atoms with Crippen molar-refractivity contribution in [3.63, 3.8) is 0 Å². The van der Waals surface area contributed by atoms with E-state index in [-0.39, 0.29) is 0 Å². The Labute approximate surface area is 86.0 Å². The maximum absolute atomic E-state index is 5.50. The highest BCUT2D eigenvalue weighted by atomic mass is 32.1. The molecule has 2 N–H and O–H groups in total. The van der Waals surface area contributed by atoms with Crippen LogP contribution in [-0.4, -0.2) is 14.3 Å². The van der Waals surface area contributed by atoms with Gasteiger partial charge in [-0.3, -0.25) is 0 Å². The van der Waals surface area contributed by atoms with Crippen LogP contribution in [0.4, 0.5) is 5.13 Å². The number of hydrogen-bond donors (Lipinski definition) is 1. The molecular formula is C9H10N4S. The Balaban J connectivity index is 2.41. The van der Waals surface area contributed by atoms with E-state index in [4.69, 9.17) is 5.73 Å². The molecule has 0 spiro atoms. The molecule has 2 aromatic heterocycles. The van der Waals surface area contributed by atoms with Gasteiger partial charge >= 0.3 is 0 Å². The summed E-state index contributed by atoms with van der Waals surface area (Å²) >= 11 is 1.19. The van der Waals surface area contributed by atoms with Crippen LogP contribution in [0.25, 0.3) is 11.5 Å². The summed E-state index contributed by atoms with van der Waals surface area (Å²) in [7, 11) is 0. The number of nitrogen functional groups attached to an aromatic ring is 1. The number of aryl methyl sites for hydroxylation is 1. The first kappa shape index (κ1) is 9.08. The second-order valence-corrected chi connectivity index (χ2v) is 3.61. The summed E-state index contributed by atoms with van der Waals surface area (Å²) in [6, 6.07) is 5.83. The first-order valence-electron chi connectivity index (χ1n) is 4.35. The normalized spacial score (nSPS) is 10.4. The summed E-state index contributed by atoms with van der Waals surface area (Å²) in [5, 5.41) is 0.476. The number of rotatable bonds is 2. The van der Waals surface area contributed by atoms with E-state index in [1.807, 2.05) is 18.2 Å². The summed E-state index contributed by atoms with van der Waals surface area (Å²) in [5.41, 5.74) is 7.33. The third kappa shape index (κ3) is 1.72. The third-order valence-corrected chi connectivity index (χ3v) is 2.38. The molecule has 0 amide bonds. The van der Waals surface area contributed by atoms with Gasteiger partial charge in [-0.25, -0.2) is 4.98 Å². The van der Waals surface area contributed by atoms with Crippen molar-refractivity contribution in [1.29, 1.82) is 0 Å². The van der Waals surface area contributed by atoms with Crippen molar-refractivity contribution < 1.29 is 0 Å². The average Bonchev–Trinajstić information content (AvgIpc) is 2.65. The smallest absolute Gasteiger partial charge is 0.200 e. The van der Waals surface area contributed by atoms with E-state index in [9.17, 15) is 0 Å². The molecule has 14 heavy (non-hydrogen) atoms. The lowest BCUT2D eigenvalue weighted by Gasteiger charge is -1.97. The van der Waals surface area contributed by atoms with E-state index in [2.05, 4.69) is 21.3 Å². The Hall–Kier alpha value is -1.49. The molecule has 0 bridgehead atoms. The summed E-state index contributed by atoms with van der Waals surface area (Å²) in [6.45, 7) is 2.06. The molecule has 0 saturated carbocycles. The number of anilines is 1. The van der Waals surface area contributed by atoms with Crippen LogP contribution in [-0.2, 0) is 6.42 Å². The van der Waals surface area contributed by atoms with Crippen LogP contribution in [0, 0.1) is 0 Å². The molecule has 72 valence electrons. The molecular weight excluding hydrogens is 196 g/mol. The largest absolute Gasteiger partial charge is 0.374 e. The maximum atomic E-state index is 5.50. The lowest BCUT2D eigenvalue weighted by molar-refractivity contribution is 1.03. The Morgan fingerprint density at radius 2 is 2.21 bits per heavy atom. The summed E-state index contributed by atoms with van der Waals surface area (Å²) in [5.74, 6) is 0.614. The molecule has 2 rings (SSSR count). The van der Waals surface area contributed by atoms with E-state index in [1.54, 1.807) is 0 Å². The van der Waals surface area contributed by atoms with Gasteiger partial charge in [0.2, 0.25) is 0 Å². The van der Waals surface area contributed by atoms with Crippen LogP contribution >= 0.6 is 11.5 Å². The fourth-order valence-electron chi connectivity index (χ4n) is 1.14. The molecule has 0 fully saturated rings. The predicted molar refractivity (Wildman–Crippen MR) is 56.9 cm³/mol. The van der Waals surface area contributed by atoms with Crippen LogP contribution < -0.4 is 5.73 Å². The molecule has 0 aliphatic heterocycles. The average molecular weight is 206 g/mol. The molecule has 0 aliphatic rings. The molecule has 0 aromatic carbocycles. The second-order valence-electron chi connectivity index (χ2n) is 2.82. The fourth-order valence-corrected chi connectivity index (χ4v) is 1.58. The van der Waals surface area contributed by atoms with Crippen molar-refractivity contribution in [2.24, 2.45) is 0 Å². The summed E-state index contributed by atoms with van der Waals surface area (Å²) in [6.07, 6.45) is 0.910. The quantitative estimate of drug-likeness (QED) is 0.813. The van der Waals surface area contributed by atoms with Gasteiger partial charge in [-0.2, -0.15) is 9.36 Å². The zero-order chi connectivity index (χ0) is 9.97. The van der Waals surface area contributed by atoms with Gasteiger partial charge in [-0.1, -0.05) is 13.0 Å². The second kappa shape index (κ2) is 3.71. The Morgan fingerprint density at radius 3 is 2.86 bits per heavy atom. The standard InChI is InChI=1S/C9H10N4S/c1-2-6-4-3-5-7(11-6)8-12-9(10)14-13-8/h3-5H,2H2,1H3,(H2,10,12,13). The molecule has 0 unspecified atom stereocenters. The molecule has 5 heteroatoms. The molecule has 0 atom stereocenters. The van der Waals surface area contributed by atoms with Crippen LogP contribution in [0.1, 0.15) is 12.6 Å². The van der Waals surface area contributed by atoms with Crippen molar-refractivity contribution in [1.82, 2.24) is 14.3 Å². The van der Waals surface area contributed by atoms with Crippen molar-refractivity contribution in [2.45, 2.75) is 13.3 Å². The highest BCUT2D eigenvalue weighted by Crippen LogP contribution is 2.17. The number of aromatic nitrogens is 3. The molecule has 0 aliphatic carbocycles. The Kier molecular flexibility index (Phi) is 2.41. The lowest BCUT2D eigenvalue weighted by atomic mass is 10.2. The summed E-state index contributed by atoms with van der Waals surface area (Å²) < 4.78 is 4.10. The minimum Gasteiger partial charge on any atom is -0.374 e. The number of nitrogens with two attached hydrogens (primary N) is 1. The van der Waals surface area contributed by atoms with E-state index in [0.717, 1.165) is 17.8 Å². The van der Waals surface area contributed by atoms with E-state index in [0.29, 0.717) is 11.0 Å². The molecule has 2 heterocycles. The van der Waals surface area contributed by atoms with Crippen molar-refractivity contribution >= 4 is 16.7 Å². The minimum atomic E-state index is 0.476. The SMILES string of the molecule is CCc1cccc(-c2nsc(N)n2)n1. The minimum absolute atomic E-state index is 0.476. The topological polar surface area (TPSA) is 64.7 Å². The lowest BCUT2D eigenvalue weighted by Crippen LogP contribution is -1.91. The monoisotopic (exact) mass is 206 g/mol. The Morgan fingerprint density at radius 1 is 1.36 bits per heavy atom. The highest BCUT2D eigenvalue weighted by molar-refractivity contribution is 7.09. The zero-order valence-electron chi connectivity index (χ0n) is 7.77. The van der Waals surface area contributed by atoms with E-state index in [1.165, 1.54) is 11.5 Å². The zero-order valence-corrected chi connectivity index (χ0v) is 8.58. The predicted octanol–water partition coefficient (Wildman–Crippen LogP) is 1.74. The first-order chi connectivity index (χ1) is 6.79. The number of nitrogens with zero attached hydrogens (tertiary/aromatic N) is 3. The maximum Gasteiger partial charge on any atom is 0.200 e. The van der Waals surface area contributed by atoms with Gasteiger partial charge in [0.05, 0.1) is 0 Å².